The summed E-state index contributed by atoms with van der Waals surface area (Å²) >= 11 is 0. The molecule has 0 saturated carbocycles. The number of fused-ring (bicyclic) bond motifs is 1. The lowest BCUT2D eigenvalue weighted by Crippen LogP contribution is -2.38. The number of para-hydroxylation sites is 1. The Balaban J connectivity index is 1.52. The summed E-state index contributed by atoms with van der Waals surface area (Å²) in [5.41, 5.74) is 1.46. The summed E-state index contributed by atoms with van der Waals surface area (Å²) in [6, 6.07) is 5.49. The Morgan fingerprint density at radius 3 is 2.92 bits per heavy atom. The van der Waals surface area contributed by atoms with Crippen molar-refractivity contribution in [2.45, 2.75) is 19.9 Å². The lowest BCUT2D eigenvalue weighted by molar-refractivity contribution is -0.121. The third-order valence-electron chi connectivity index (χ3n) is 4.45. The van der Waals surface area contributed by atoms with Gasteiger partial charge in [0.05, 0.1) is 30.4 Å². The molecule has 1 saturated heterocycles. The molecule has 3 rings (SSSR count). The second-order valence-electron chi connectivity index (χ2n) is 6.31. The number of hydrogen-bond donors (Lipinski definition) is 1. The van der Waals surface area contributed by atoms with E-state index in [1.807, 2.05) is 19.1 Å². The van der Waals surface area contributed by atoms with Gasteiger partial charge in [0.15, 0.2) is 0 Å². The Kier molecular flexibility index (Phi) is 5.78. The third-order valence-corrected chi connectivity index (χ3v) is 4.45. The summed E-state index contributed by atoms with van der Waals surface area (Å²) < 4.78 is 6.67. The minimum Gasteiger partial charge on any atom is -0.379 e. The molecular weight excluding hydrogens is 320 g/mol. The number of nitrogens with zero attached hydrogens (tertiary/aromatic N) is 3. The maximum atomic E-state index is 12.5. The number of morpholine rings is 1. The summed E-state index contributed by atoms with van der Waals surface area (Å²) in [7, 11) is 0. The van der Waals surface area contributed by atoms with E-state index in [1.165, 1.54) is 10.9 Å². The predicted molar refractivity (Wildman–Crippen MR) is 95.6 cm³/mol. The molecule has 2 heterocycles. The average Bonchev–Trinajstić information content (AvgIpc) is 2.63. The average molecular weight is 344 g/mol. The van der Waals surface area contributed by atoms with Crippen LogP contribution in [0.5, 0.6) is 0 Å². The highest BCUT2D eigenvalue weighted by atomic mass is 16.5. The Morgan fingerprint density at radius 2 is 2.12 bits per heavy atom. The molecule has 1 N–H and O–H groups in total. The zero-order valence-corrected chi connectivity index (χ0v) is 14.5. The van der Waals surface area contributed by atoms with Crippen molar-refractivity contribution in [3.8, 4) is 0 Å². The van der Waals surface area contributed by atoms with Gasteiger partial charge in [-0.2, -0.15) is 0 Å². The first-order valence-corrected chi connectivity index (χ1v) is 8.67. The number of amides is 1. The number of nitrogens with one attached hydrogen (secondary N) is 1. The smallest absolute Gasteiger partial charge is 0.261 e. The van der Waals surface area contributed by atoms with Gasteiger partial charge in [-0.1, -0.05) is 12.1 Å². The third kappa shape index (κ3) is 4.43. The van der Waals surface area contributed by atoms with Gasteiger partial charge in [0.25, 0.3) is 5.56 Å². The number of ether oxygens (including phenoxy) is 1. The van der Waals surface area contributed by atoms with Crippen LogP contribution < -0.4 is 10.9 Å². The molecule has 134 valence electrons. The highest BCUT2D eigenvalue weighted by molar-refractivity contribution is 5.81. The molecule has 0 bridgehead atoms. The SMILES string of the molecule is Cc1cccc2c(=O)n(CC(=O)NCCCN3CCOCC3)cnc12. The van der Waals surface area contributed by atoms with Crippen molar-refractivity contribution in [2.75, 3.05) is 39.4 Å². The van der Waals surface area contributed by atoms with Crippen molar-refractivity contribution in [3.05, 3.63) is 40.4 Å². The van der Waals surface area contributed by atoms with Crippen LogP contribution in [0.2, 0.25) is 0 Å². The number of carbonyl (C=O) groups excluding carboxylic acids is 1. The number of aromatic nitrogens is 2. The molecule has 1 fully saturated rings. The van der Waals surface area contributed by atoms with Gasteiger partial charge in [0, 0.05) is 19.6 Å². The van der Waals surface area contributed by atoms with E-state index in [0.29, 0.717) is 17.4 Å². The fourth-order valence-electron chi connectivity index (χ4n) is 3.02. The van der Waals surface area contributed by atoms with Gasteiger partial charge < -0.3 is 10.1 Å². The van der Waals surface area contributed by atoms with E-state index in [4.69, 9.17) is 4.74 Å². The largest absolute Gasteiger partial charge is 0.379 e. The van der Waals surface area contributed by atoms with Gasteiger partial charge in [-0.05, 0) is 31.5 Å². The number of hydrogen-bond acceptors (Lipinski definition) is 5. The monoisotopic (exact) mass is 344 g/mol. The van der Waals surface area contributed by atoms with Crippen molar-refractivity contribution in [3.63, 3.8) is 0 Å². The van der Waals surface area contributed by atoms with Crippen molar-refractivity contribution < 1.29 is 9.53 Å². The van der Waals surface area contributed by atoms with Crippen LogP contribution in [-0.2, 0) is 16.1 Å². The summed E-state index contributed by atoms with van der Waals surface area (Å²) in [6.07, 6.45) is 2.33. The van der Waals surface area contributed by atoms with Gasteiger partial charge in [-0.3, -0.25) is 19.1 Å². The molecule has 1 amide bonds. The Hall–Kier alpha value is -2.25. The van der Waals surface area contributed by atoms with Crippen LogP contribution in [0, 0.1) is 6.92 Å². The first-order valence-electron chi connectivity index (χ1n) is 8.67. The minimum absolute atomic E-state index is 0.00668. The number of benzene rings is 1. The van der Waals surface area contributed by atoms with E-state index in [0.717, 1.165) is 44.8 Å². The van der Waals surface area contributed by atoms with E-state index in [2.05, 4.69) is 15.2 Å². The molecule has 0 spiro atoms. The summed E-state index contributed by atoms with van der Waals surface area (Å²) in [6.45, 7) is 6.92. The first-order chi connectivity index (χ1) is 12.1. The highest BCUT2D eigenvalue weighted by Gasteiger charge is 2.11. The van der Waals surface area contributed by atoms with Gasteiger partial charge >= 0.3 is 0 Å². The summed E-state index contributed by atoms with van der Waals surface area (Å²) in [5.74, 6) is -0.169. The molecule has 25 heavy (non-hydrogen) atoms. The number of carbonyl (C=O) groups is 1. The molecule has 0 atom stereocenters. The molecule has 1 aliphatic heterocycles. The van der Waals surface area contributed by atoms with Gasteiger partial charge in [-0.25, -0.2) is 4.98 Å². The normalized spacial score (nSPS) is 15.4. The first kappa shape index (κ1) is 17.6. The van der Waals surface area contributed by atoms with Crippen LogP contribution in [0.15, 0.2) is 29.3 Å². The lowest BCUT2D eigenvalue weighted by atomic mass is 10.1. The predicted octanol–water partition coefficient (Wildman–Crippen LogP) is 0.543. The minimum atomic E-state index is -0.183. The van der Waals surface area contributed by atoms with Crippen LogP contribution >= 0.6 is 0 Å². The second kappa shape index (κ2) is 8.22. The molecular formula is C18H24N4O3. The van der Waals surface area contributed by atoms with Crippen molar-refractivity contribution in [1.29, 1.82) is 0 Å². The zero-order valence-electron chi connectivity index (χ0n) is 14.5. The molecule has 2 aromatic rings. The zero-order chi connectivity index (χ0) is 17.6. The fourth-order valence-corrected chi connectivity index (χ4v) is 3.02. The molecule has 0 unspecified atom stereocenters. The summed E-state index contributed by atoms with van der Waals surface area (Å²) in [4.78, 5) is 31.2. The molecule has 1 aliphatic rings. The van der Waals surface area contributed by atoms with Crippen LogP contribution in [0.1, 0.15) is 12.0 Å². The van der Waals surface area contributed by atoms with E-state index >= 15 is 0 Å². The van der Waals surface area contributed by atoms with Gasteiger partial charge in [0.2, 0.25) is 5.91 Å². The topological polar surface area (TPSA) is 76.5 Å². The Bertz CT molecular complexity index is 796. The standard InChI is InChI=1S/C18H24N4O3/c1-14-4-2-5-15-17(14)20-13-22(18(15)24)12-16(23)19-6-3-7-21-8-10-25-11-9-21/h2,4-5,13H,3,6-12H2,1H3,(H,19,23). The molecule has 1 aromatic carbocycles. The van der Waals surface area contributed by atoms with Crippen molar-refractivity contribution in [2.24, 2.45) is 0 Å². The highest BCUT2D eigenvalue weighted by Crippen LogP contribution is 2.11. The number of aryl methyl sites for hydroxylation is 1. The van der Waals surface area contributed by atoms with Gasteiger partial charge in [0.1, 0.15) is 6.54 Å². The van der Waals surface area contributed by atoms with E-state index < -0.39 is 0 Å². The van der Waals surface area contributed by atoms with Crippen LogP contribution in [0.25, 0.3) is 10.9 Å². The van der Waals surface area contributed by atoms with Crippen LogP contribution in [0.4, 0.5) is 0 Å². The molecule has 0 aliphatic carbocycles. The second-order valence-corrected chi connectivity index (χ2v) is 6.31. The van der Waals surface area contributed by atoms with Crippen LogP contribution in [0.3, 0.4) is 0 Å². The summed E-state index contributed by atoms with van der Waals surface area (Å²) in [5, 5.41) is 3.42. The lowest BCUT2D eigenvalue weighted by Gasteiger charge is -2.26. The maximum absolute atomic E-state index is 12.5. The fraction of sp³-hybridized carbons (Fsp3) is 0.500. The van der Waals surface area contributed by atoms with E-state index in [-0.39, 0.29) is 18.0 Å². The Morgan fingerprint density at radius 1 is 1.32 bits per heavy atom. The van der Waals surface area contributed by atoms with Crippen molar-refractivity contribution in [1.82, 2.24) is 19.8 Å². The van der Waals surface area contributed by atoms with Crippen LogP contribution in [-0.4, -0.2) is 59.8 Å². The maximum Gasteiger partial charge on any atom is 0.261 e. The molecule has 1 aromatic heterocycles. The van der Waals surface area contributed by atoms with E-state index in [9.17, 15) is 9.59 Å². The Labute approximate surface area is 146 Å². The van der Waals surface area contributed by atoms with Gasteiger partial charge in [-0.15, -0.1) is 0 Å². The van der Waals surface area contributed by atoms with Crippen molar-refractivity contribution >= 4 is 16.8 Å². The molecule has 7 nitrogen and oxygen atoms in total. The quantitative estimate of drug-likeness (QED) is 0.774. The molecule has 0 radical (unpaired) electrons. The number of rotatable bonds is 6. The van der Waals surface area contributed by atoms with E-state index in [1.54, 1.807) is 6.07 Å². The molecule has 7 heteroatoms.